The van der Waals surface area contributed by atoms with Crippen molar-refractivity contribution in [3.05, 3.63) is 66.0 Å². The molecule has 1 aliphatic rings. The fraction of sp³-hybridized carbons (Fsp3) is 0.308. The normalized spacial score (nSPS) is 14.3. The van der Waals surface area contributed by atoms with Gasteiger partial charge >= 0.3 is 0 Å². The summed E-state index contributed by atoms with van der Waals surface area (Å²) in [5.74, 6) is 1.84. The number of aromatic nitrogens is 7. The van der Waals surface area contributed by atoms with Gasteiger partial charge in [-0.25, -0.2) is 9.67 Å². The van der Waals surface area contributed by atoms with E-state index in [1.54, 1.807) is 0 Å². The Balaban J connectivity index is 1.47. The molecule has 1 aromatic carbocycles. The molecule has 0 unspecified atom stereocenters. The summed E-state index contributed by atoms with van der Waals surface area (Å²) in [5.41, 5.74) is 6.83. The highest BCUT2D eigenvalue weighted by molar-refractivity contribution is 5.65. The van der Waals surface area contributed by atoms with Crippen LogP contribution >= 0.6 is 0 Å². The maximum Gasteiger partial charge on any atom is 0.160 e. The van der Waals surface area contributed by atoms with E-state index in [9.17, 15) is 0 Å². The van der Waals surface area contributed by atoms with Crippen LogP contribution in [-0.4, -0.2) is 47.2 Å². The van der Waals surface area contributed by atoms with E-state index in [1.807, 2.05) is 46.2 Å². The first-order chi connectivity index (χ1) is 16.5. The molecule has 0 amide bonds. The Morgan fingerprint density at radius 1 is 0.794 bits per heavy atom. The number of nitrogens with zero attached hydrogens (tertiary/aromatic N) is 8. The van der Waals surface area contributed by atoms with Gasteiger partial charge in [-0.1, -0.05) is 23.8 Å². The first-order valence-corrected chi connectivity index (χ1v) is 11.8. The molecule has 0 N–H and O–H groups in total. The Bertz CT molecular complexity index is 1460. The number of hydrogen-bond donors (Lipinski definition) is 0. The van der Waals surface area contributed by atoms with Gasteiger partial charge in [-0.2, -0.15) is 19.8 Å². The van der Waals surface area contributed by atoms with Crippen molar-refractivity contribution in [1.29, 1.82) is 0 Å². The fourth-order valence-corrected chi connectivity index (χ4v) is 4.63. The molecule has 6 rings (SSSR count). The lowest BCUT2D eigenvalue weighted by Gasteiger charge is -2.29. The molecule has 1 fully saturated rings. The Morgan fingerprint density at radius 3 is 2.38 bits per heavy atom. The largest absolute Gasteiger partial charge is 0.356 e. The van der Waals surface area contributed by atoms with Crippen molar-refractivity contribution in [3.8, 4) is 28.5 Å². The molecule has 0 radical (unpaired) electrons. The van der Waals surface area contributed by atoms with Gasteiger partial charge in [0.1, 0.15) is 17.2 Å². The van der Waals surface area contributed by atoms with Gasteiger partial charge in [0.2, 0.25) is 0 Å². The van der Waals surface area contributed by atoms with Gasteiger partial charge in [-0.3, -0.25) is 4.68 Å². The predicted molar refractivity (Wildman–Crippen MR) is 133 cm³/mol. The zero-order valence-corrected chi connectivity index (χ0v) is 19.8. The van der Waals surface area contributed by atoms with Crippen LogP contribution in [0.15, 0.2) is 54.7 Å². The molecule has 8 nitrogen and oxygen atoms in total. The van der Waals surface area contributed by atoms with Crippen molar-refractivity contribution in [3.63, 3.8) is 0 Å². The molecule has 0 spiro atoms. The summed E-state index contributed by atoms with van der Waals surface area (Å²) in [7, 11) is 1.95. The summed E-state index contributed by atoms with van der Waals surface area (Å²) in [5, 5.41) is 14.4. The molecule has 5 heterocycles. The highest BCUT2D eigenvalue weighted by atomic mass is 15.4. The van der Waals surface area contributed by atoms with Crippen molar-refractivity contribution in [2.24, 2.45) is 7.05 Å². The lowest BCUT2D eigenvalue weighted by atomic mass is 10.1. The van der Waals surface area contributed by atoms with E-state index in [0.717, 1.165) is 58.7 Å². The van der Waals surface area contributed by atoms with Crippen LogP contribution in [0, 0.1) is 13.8 Å². The Morgan fingerprint density at radius 2 is 1.62 bits per heavy atom. The maximum absolute atomic E-state index is 4.94. The Hall–Kier alpha value is -3.94. The molecule has 4 aromatic heterocycles. The third-order valence-corrected chi connectivity index (χ3v) is 6.59. The standard InChI is InChI=1S/C26H28N8/c1-18-8-7-9-20(14-18)21-10-13-33(29-21)24-17-26(32-11-5-4-6-12-32)34-25(27-24)16-23(30-34)22-15-19(2)31(3)28-22/h7-10,13-17H,4-6,11-12H2,1-3H3. The number of benzene rings is 1. The second-order valence-electron chi connectivity index (χ2n) is 9.13. The van der Waals surface area contributed by atoms with Gasteiger partial charge in [0, 0.05) is 49.7 Å². The third-order valence-electron chi connectivity index (χ3n) is 6.59. The van der Waals surface area contributed by atoms with Crippen LogP contribution in [0.5, 0.6) is 0 Å². The van der Waals surface area contributed by atoms with Crippen LogP contribution in [0.2, 0.25) is 0 Å². The van der Waals surface area contributed by atoms with E-state index in [-0.39, 0.29) is 0 Å². The predicted octanol–water partition coefficient (Wildman–Crippen LogP) is 4.59. The highest BCUT2D eigenvalue weighted by Crippen LogP contribution is 2.27. The summed E-state index contributed by atoms with van der Waals surface area (Å²) in [6, 6.07) is 16.6. The molecule has 0 aliphatic carbocycles. The lowest BCUT2D eigenvalue weighted by Crippen LogP contribution is -2.31. The van der Waals surface area contributed by atoms with Crippen molar-refractivity contribution in [2.45, 2.75) is 33.1 Å². The molecule has 8 heteroatoms. The molecule has 5 aromatic rings. The average molecular weight is 453 g/mol. The van der Waals surface area contributed by atoms with Gasteiger partial charge in [-0.15, -0.1) is 0 Å². The van der Waals surface area contributed by atoms with Crippen molar-refractivity contribution in [2.75, 3.05) is 18.0 Å². The molecule has 172 valence electrons. The molecular formula is C26H28N8. The molecule has 0 bridgehead atoms. The minimum Gasteiger partial charge on any atom is -0.356 e. The van der Waals surface area contributed by atoms with Crippen molar-refractivity contribution >= 4 is 11.5 Å². The molecule has 1 saturated heterocycles. The minimum atomic E-state index is 0.788. The molecular weight excluding hydrogens is 424 g/mol. The number of aryl methyl sites for hydroxylation is 3. The zero-order chi connectivity index (χ0) is 23.2. The van der Waals surface area contributed by atoms with Gasteiger partial charge in [0.05, 0.1) is 5.69 Å². The van der Waals surface area contributed by atoms with Gasteiger partial charge in [0.25, 0.3) is 0 Å². The van der Waals surface area contributed by atoms with Crippen molar-refractivity contribution < 1.29 is 0 Å². The van der Waals surface area contributed by atoms with E-state index in [4.69, 9.17) is 15.2 Å². The van der Waals surface area contributed by atoms with E-state index in [0.29, 0.717) is 0 Å². The summed E-state index contributed by atoms with van der Waals surface area (Å²) in [6.07, 6.45) is 5.63. The number of piperidine rings is 1. The Kier molecular flexibility index (Phi) is 4.94. The van der Waals surface area contributed by atoms with Gasteiger partial charge in [0.15, 0.2) is 11.5 Å². The smallest absolute Gasteiger partial charge is 0.160 e. The SMILES string of the molecule is Cc1cccc(-c2ccn(-c3cc(N4CCCCC4)n4nc(-c5cc(C)n(C)n5)cc4n3)n2)c1. The summed E-state index contributed by atoms with van der Waals surface area (Å²) < 4.78 is 5.70. The van der Waals surface area contributed by atoms with E-state index in [2.05, 4.69) is 53.3 Å². The molecule has 0 atom stereocenters. The summed E-state index contributed by atoms with van der Waals surface area (Å²) in [4.78, 5) is 7.35. The number of rotatable bonds is 4. The number of anilines is 1. The first-order valence-electron chi connectivity index (χ1n) is 11.8. The second-order valence-corrected chi connectivity index (χ2v) is 9.13. The van der Waals surface area contributed by atoms with Gasteiger partial charge in [-0.05, 0) is 51.3 Å². The number of fused-ring (bicyclic) bond motifs is 1. The highest BCUT2D eigenvalue weighted by Gasteiger charge is 2.20. The van der Waals surface area contributed by atoms with E-state index >= 15 is 0 Å². The molecule has 0 saturated carbocycles. The first kappa shape index (κ1) is 20.7. The Labute approximate surface area is 198 Å². The van der Waals surface area contributed by atoms with Crippen LogP contribution in [-0.2, 0) is 7.05 Å². The van der Waals surface area contributed by atoms with Crippen molar-refractivity contribution in [1.82, 2.24) is 34.2 Å². The van der Waals surface area contributed by atoms with Crippen LogP contribution in [0.1, 0.15) is 30.5 Å². The van der Waals surface area contributed by atoms with Crippen LogP contribution in [0.4, 0.5) is 5.82 Å². The molecule has 34 heavy (non-hydrogen) atoms. The summed E-state index contributed by atoms with van der Waals surface area (Å²) >= 11 is 0. The topological polar surface area (TPSA) is 69.1 Å². The molecule has 1 aliphatic heterocycles. The lowest BCUT2D eigenvalue weighted by molar-refractivity contribution is 0.568. The number of hydrogen-bond acceptors (Lipinski definition) is 5. The quantitative estimate of drug-likeness (QED) is 0.399. The van der Waals surface area contributed by atoms with Crippen LogP contribution in [0.3, 0.4) is 0 Å². The van der Waals surface area contributed by atoms with E-state index in [1.165, 1.54) is 24.8 Å². The second kappa shape index (κ2) is 8.13. The monoisotopic (exact) mass is 452 g/mol. The average Bonchev–Trinajstić information content (AvgIpc) is 3.58. The zero-order valence-electron chi connectivity index (χ0n) is 19.8. The maximum atomic E-state index is 4.94. The fourth-order valence-electron chi connectivity index (χ4n) is 4.63. The van der Waals surface area contributed by atoms with Gasteiger partial charge < -0.3 is 4.90 Å². The van der Waals surface area contributed by atoms with Crippen LogP contribution in [0.25, 0.3) is 34.1 Å². The third kappa shape index (κ3) is 3.65. The van der Waals surface area contributed by atoms with E-state index < -0.39 is 0 Å². The summed E-state index contributed by atoms with van der Waals surface area (Å²) in [6.45, 7) is 6.18. The van der Waals surface area contributed by atoms with Crippen LogP contribution < -0.4 is 4.90 Å². The minimum absolute atomic E-state index is 0.788.